The van der Waals surface area contributed by atoms with Crippen molar-refractivity contribution in [3.8, 4) is 11.4 Å². The third-order valence-corrected chi connectivity index (χ3v) is 4.90. The van der Waals surface area contributed by atoms with Crippen molar-refractivity contribution in [3.63, 3.8) is 0 Å². The minimum atomic E-state index is -4.53. The van der Waals surface area contributed by atoms with E-state index in [0.717, 1.165) is 23.1 Å². The number of aromatic nitrogens is 2. The van der Waals surface area contributed by atoms with Crippen molar-refractivity contribution in [2.45, 2.75) is 12.7 Å². The van der Waals surface area contributed by atoms with Crippen LogP contribution in [0, 0.1) is 0 Å². The molecule has 2 N–H and O–H groups in total. The average Bonchev–Trinajstić information content (AvgIpc) is 3.16. The molecule has 0 saturated heterocycles. The number of carbonyl (C=O) groups excluding carboxylic acids is 1. The van der Waals surface area contributed by atoms with Gasteiger partial charge in [0, 0.05) is 6.54 Å². The molecule has 3 rings (SSSR count). The quantitative estimate of drug-likeness (QED) is 0.555. The van der Waals surface area contributed by atoms with Crippen molar-refractivity contribution in [1.82, 2.24) is 15.1 Å². The zero-order chi connectivity index (χ0) is 23.5. The molecule has 0 unspecified atom stereocenters. The Kier molecular flexibility index (Phi) is 6.44. The van der Waals surface area contributed by atoms with Crippen LogP contribution in [0.3, 0.4) is 0 Å². The largest absolute Gasteiger partial charge is 0.493 e. The number of hydrogen-bond donors (Lipinski definition) is 2. The smallest absolute Gasteiger partial charge is 0.416 e. The standard InChI is InChI=1S/C20H19F3N4O4S/c1-31-17-12-27(15-8-5-7-14(10-15)20(21,22)23)25-18(17)19(28)24-11-13-6-3-4-9-16(13)26-32(2,29)30/h3-10,12,26H,11H2,1-2H3,(H,24,28). The van der Waals surface area contributed by atoms with Crippen LogP contribution in [0.25, 0.3) is 5.69 Å². The summed E-state index contributed by atoms with van der Waals surface area (Å²) in [5.74, 6) is -0.593. The van der Waals surface area contributed by atoms with Gasteiger partial charge in [0.2, 0.25) is 10.0 Å². The number of nitrogens with zero attached hydrogens (tertiary/aromatic N) is 2. The van der Waals surface area contributed by atoms with Crippen LogP contribution in [0.1, 0.15) is 21.6 Å². The Morgan fingerprint density at radius 3 is 2.53 bits per heavy atom. The van der Waals surface area contributed by atoms with Crippen LogP contribution in [0.4, 0.5) is 18.9 Å². The molecule has 0 aliphatic rings. The van der Waals surface area contributed by atoms with Crippen LogP contribution < -0.4 is 14.8 Å². The summed E-state index contributed by atoms with van der Waals surface area (Å²) in [5.41, 5.74) is -0.0943. The molecule has 0 radical (unpaired) electrons. The molecule has 1 aromatic heterocycles. The number of sulfonamides is 1. The van der Waals surface area contributed by atoms with E-state index < -0.39 is 27.7 Å². The van der Waals surface area contributed by atoms with Gasteiger partial charge in [0.05, 0.1) is 36.5 Å². The highest BCUT2D eigenvalue weighted by atomic mass is 32.2. The van der Waals surface area contributed by atoms with Crippen LogP contribution >= 0.6 is 0 Å². The van der Waals surface area contributed by atoms with Gasteiger partial charge in [-0.05, 0) is 29.8 Å². The van der Waals surface area contributed by atoms with Crippen LogP contribution in [0.2, 0.25) is 0 Å². The van der Waals surface area contributed by atoms with E-state index in [1.54, 1.807) is 24.3 Å². The summed E-state index contributed by atoms with van der Waals surface area (Å²) in [5, 5.41) is 6.68. The zero-order valence-corrected chi connectivity index (χ0v) is 17.8. The molecule has 0 saturated carbocycles. The van der Waals surface area contributed by atoms with Gasteiger partial charge in [-0.2, -0.15) is 18.3 Å². The second kappa shape index (κ2) is 8.91. The maximum atomic E-state index is 13.0. The Morgan fingerprint density at radius 2 is 1.88 bits per heavy atom. The molecule has 0 bridgehead atoms. The predicted octanol–water partition coefficient (Wildman–Crippen LogP) is 3.20. The fraction of sp³-hybridized carbons (Fsp3) is 0.200. The molecular formula is C20H19F3N4O4S. The highest BCUT2D eigenvalue weighted by Gasteiger charge is 2.30. The molecular weight excluding hydrogens is 449 g/mol. The number of methoxy groups -OCH3 is 1. The molecule has 1 amide bonds. The summed E-state index contributed by atoms with van der Waals surface area (Å²) in [4.78, 5) is 12.7. The van der Waals surface area contributed by atoms with Crippen molar-refractivity contribution in [3.05, 3.63) is 71.5 Å². The van der Waals surface area contributed by atoms with Crippen molar-refractivity contribution in [2.75, 3.05) is 18.1 Å². The molecule has 0 spiro atoms. The van der Waals surface area contributed by atoms with Gasteiger partial charge >= 0.3 is 6.18 Å². The second-order valence-electron chi connectivity index (χ2n) is 6.75. The van der Waals surface area contributed by atoms with Crippen molar-refractivity contribution in [2.24, 2.45) is 0 Å². The lowest BCUT2D eigenvalue weighted by Gasteiger charge is -2.11. The Balaban J connectivity index is 1.83. The second-order valence-corrected chi connectivity index (χ2v) is 8.50. The summed E-state index contributed by atoms with van der Waals surface area (Å²) in [7, 11) is -2.22. The molecule has 2 aromatic carbocycles. The topological polar surface area (TPSA) is 102 Å². The van der Waals surface area contributed by atoms with E-state index in [1.807, 2.05) is 0 Å². The monoisotopic (exact) mass is 468 g/mol. The van der Waals surface area contributed by atoms with E-state index in [-0.39, 0.29) is 23.7 Å². The summed E-state index contributed by atoms with van der Waals surface area (Å²) < 4.78 is 70.7. The van der Waals surface area contributed by atoms with E-state index in [1.165, 1.54) is 25.4 Å². The normalized spacial score (nSPS) is 11.8. The minimum Gasteiger partial charge on any atom is -0.493 e. The number of nitrogens with one attached hydrogen (secondary N) is 2. The molecule has 12 heteroatoms. The summed E-state index contributed by atoms with van der Waals surface area (Å²) in [6.45, 7) is -0.0307. The lowest BCUT2D eigenvalue weighted by Crippen LogP contribution is -2.25. The number of anilines is 1. The van der Waals surface area contributed by atoms with Crippen LogP contribution in [-0.2, 0) is 22.7 Å². The van der Waals surface area contributed by atoms with Gasteiger partial charge < -0.3 is 10.1 Å². The number of benzene rings is 2. The molecule has 8 nitrogen and oxygen atoms in total. The van der Waals surface area contributed by atoms with Crippen LogP contribution in [0.15, 0.2) is 54.7 Å². The molecule has 170 valence electrons. The van der Waals surface area contributed by atoms with E-state index in [2.05, 4.69) is 15.1 Å². The molecule has 1 heterocycles. The maximum Gasteiger partial charge on any atom is 0.416 e. The van der Waals surface area contributed by atoms with E-state index in [0.29, 0.717) is 11.3 Å². The first-order valence-corrected chi connectivity index (χ1v) is 11.0. The van der Waals surface area contributed by atoms with Gasteiger partial charge in [-0.3, -0.25) is 9.52 Å². The fourth-order valence-corrected chi connectivity index (χ4v) is 3.45. The van der Waals surface area contributed by atoms with Crippen LogP contribution in [0.5, 0.6) is 5.75 Å². The highest BCUT2D eigenvalue weighted by molar-refractivity contribution is 7.92. The lowest BCUT2D eigenvalue weighted by molar-refractivity contribution is -0.137. The number of rotatable bonds is 7. The van der Waals surface area contributed by atoms with Crippen LogP contribution in [-0.4, -0.2) is 37.5 Å². The minimum absolute atomic E-state index is 0.0307. The van der Waals surface area contributed by atoms with Gasteiger partial charge in [0.1, 0.15) is 0 Å². The molecule has 0 aliphatic carbocycles. The van der Waals surface area contributed by atoms with E-state index in [4.69, 9.17) is 4.74 Å². The lowest BCUT2D eigenvalue weighted by atomic mass is 10.2. The van der Waals surface area contributed by atoms with Crippen molar-refractivity contribution >= 4 is 21.6 Å². The molecule has 3 aromatic rings. The Hall–Kier alpha value is -3.54. The third kappa shape index (κ3) is 5.58. The molecule has 0 atom stereocenters. The number of para-hydroxylation sites is 1. The van der Waals surface area contributed by atoms with Gasteiger partial charge in [0.15, 0.2) is 11.4 Å². The Morgan fingerprint density at radius 1 is 1.16 bits per heavy atom. The number of carbonyl (C=O) groups is 1. The van der Waals surface area contributed by atoms with Gasteiger partial charge in [-0.15, -0.1) is 0 Å². The number of alkyl halides is 3. The van der Waals surface area contributed by atoms with Gasteiger partial charge in [0.25, 0.3) is 5.91 Å². The van der Waals surface area contributed by atoms with E-state index in [9.17, 15) is 26.4 Å². The molecule has 32 heavy (non-hydrogen) atoms. The number of ether oxygens (including phenoxy) is 1. The first-order valence-electron chi connectivity index (χ1n) is 9.13. The number of hydrogen-bond acceptors (Lipinski definition) is 5. The summed E-state index contributed by atoms with van der Waals surface area (Å²) >= 11 is 0. The van der Waals surface area contributed by atoms with E-state index >= 15 is 0 Å². The van der Waals surface area contributed by atoms with Gasteiger partial charge in [-0.25, -0.2) is 13.1 Å². The van der Waals surface area contributed by atoms with Gasteiger partial charge in [-0.1, -0.05) is 24.3 Å². The molecule has 0 aliphatic heterocycles. The Labute approximate surface area is 182 Å². The average molecular weight is 468 g/mol. The zero-order valence-electron chi connectivity index (χ0n) is 17.0. The SMILES string of the molecule is COc1cn(-c2cccc(C(F)(F)F)c2)nc1C(=O)NCc1ccccc1NS(C)(=O)=O. The van der Waals surface area contributed by atoms with Crippen molar-refractivity contribution in [1.29, 1.82) is 0 Å². The molecule has 0 fully saturated rings. The fourth-order valence-electron chi connectivity index (χ4n) is 2.85. The van der Waals surface area contributed by atoms with Crippen molar-refractivity contribution < 1.29 is 31.1 Å². The highest BCUT2D eigenvalue weighted by Crippen LogP contribution is 2.30. The number of amides is 1. The maximum absolute atomic E-state index is 13.0. The third-order valence-electron chi connectivity index (χ3n) is 4.31. The first kappa shape index (κ1) is 23.1. The Bertz CT molecular complexity index is 1240. The number of halogens is 3. The predicted molar refractivity (Wildman–Crippen MR) is 111 cm³/mol. The summed E-state index contributed by atoms with van der Waals surface area (Å²) in [6.07, 6.45) is -2.22. The first-order chi connectivity index (χ1) is 15.0. The summed E-state index contributed by atoms with van der Waals surface area (Å²) in [6, 6.07) is 11.0.